The van der Waals surface area contributed by atoms with Gasteiger partial charge in [-0.25, -0.2) is 0 Å². The summed E-state index contributed by atoms with van der Waals surface area (Å²) in [5.74, 6) is 2.39. The minimum atomic E-state index is 0.323. The van der Waals surface area contributed by atoms with E-state index in [1.807, 2.05) is 0 Å². The number of likely N-dealkylation sites (N-methyl/N-ethyl adjacent to an activating group) is 1. The lowest BCUT2D eigenvalue weighted by Crippen LogP contribution is -2.49. The molecule has 0 bridgehead atoms. The van der Waals surface area contributed by atoms with Crippen molar-refractivity contribution in [2.45, 2.75) is 39.5 Å². The second-order valence-corrected chi connectivity index (χ2v) is 6.48. The number of hydrogen-bond donors (Lipinski definition) is 0. The first-order valence-corrected chi connectivity index (χ1v) is 7.55. The fourth-order valence-corrected chi connectivity index (χ4v) is 3.32. The summed E-state index contributed by atoms with van der Waals surface area (Å²) in [6.45, 7) is 8.56. The molecule has 0 unspecified atom stereocenters. The summed E-state index contributed by atoms with van der Waals surface area (Å²) in [5, 5.41) is 0. The highest BCUT2D eigenvalue weighted by Gasteiger charge is 2.31. The van der Waals surface area contributed by atoms with Gasteiger partial charge in [0.25, 0.3) is 0 Å². The minimum absolute atomic E-state index is 0.323. The zero-order chi connectivity index (χ0) is 13.1. The van der Waals surface area contributed by atoms with E-state index < -0.39 is 0 Å². The van der Waals surface area contributed by atoms with E-state index in [0.29, 0.717) is 11.8 Å². The van der Waals surface area contributed by atoms with Crippen LogP contribution in [0.15, 0.2) is 0 Å². The zero-order valence-corrected chi connectivity index (χ0v) is 12.2. The maximum absolute atomic E-state index is 12.4. The molecule has 0 N–H and O–H groups in total. The second kappa shape index (κ2) is 6.05. The van der Waals surface area contributed by atoms with Crippen molar-refractivity contribution in [2.24, 2.45) is 17.8 Å². The summed E-state index contributed by atoms with van der Waals surface area (Å²) >= 11 is 0. The quantitative estimate of drug-likeness (QED) is 0.752. The number of carbonyl (C=O) groups is 1. The van der Waals surface area contributed by atoms with E-state index in [4.69, 9.17) is 0 Å². The molecule has 0 radical (unpaired) electrons. The molecule has 18 heavy (non-hydrogen) atoms. The fraction of sp³-hybridized carbons (Fsp3) is 0.933. The lowest BCUT2D eigenvalue weighted by molar-refractivity contribution is -0.138. The average molecular weight is 252 g/mol. The Balaban J connectivity index is 1.80. The molecule has 2 aliphatic rings. The third-order valence-corrected chi connectivity index (χ3v) is 4.88. The largest absolute Gasteiger partial charge is 0.340 e. The molecule has 0 spiro atoms. The summed E-state index contributed by atoms with van der Waals surface area (Å²) in [5.41, 5.74) is 0. The molecule has 0 aromatic rings. The number of rotatable bonds is 2. The zero-order valence-electron chi connectivity index (χ0n) is 12.2. The van der Waals surface area contributed by atoms with Crippen LogP contribution in [0.4, 0.5) is 0 Å². The Bertz CT molecular complexity index is 274. The molecule has 104 valence electrons. The number of hydrogen-bond acceptors (Lipinski definition) is 2. The monoisotopic (exact) mass is 252 g/mol. The van der Waals surface area contributed by atoms with Crippen molar-refractivity contribution in [1.82, 2.24) is 9.80 Å². The van der Waals surface area contributed by atoms with Crippen molar-refractivity contribution in [1.29, 1.82) is 0 Å². The summed E-state index contributed by atoms with van der Waals surface area (Å²) in [7, 11) is 2.13. The van der Waals surface area contributed by atoms with Gasteiger partial charge in [0, 0.05) is 32.1 Å². The first-order valence-electron chi connectivity index (χ1n) is 7.55. The molecule has 1 heterocycles. The standard InChI is InChI=1S/C15H28N2O/c1-12(2)13-4-6-14(7-5-13)15(18)17-10-8-16(3)9-11-17/h12-14H,4-11H2,1-3H3. The maximum Gasteiger partial charge on any atom is 0.225 e. The van der Waals surface area contributed by atoms with Crippen LogP contribution in [-0.4, -0.2) is 48.9 Å². The molecular formula is C15H28N2O. The maximum atomic E-state index is 12.4. The molecule has 3 heteroatoms. The molecule has 1 aliphatic heterocycles. The van der Waals surface area contributed by atoms with Crippen LogP contribution in [0.5, 0.6) is 0 Å². The Morgan fingerprint density at radius 1 is 1.00 bits per heavy atom. The van der Waals surface area contributed by atoms with Crippen molar-refractivity contribution in [2.75, 3.05) is 33.2 Å². The van der Waals surface area contributed by atoms with Crippen LogP contribution in [0.2, 0.25) is 0 Å². The SMILES string of the molecule is CC(C)C1CCC(C(=O)N2CCN(C)CC2)CC1. The predicted molar refractivity (Wildman–Crippen MR) is 74.4 cm³/mol. The van der Waals surface area contributed by atoms with Gasteiger partial charge in [-0.05, 0) is 44.6 Å². The summed E-state index contributed by atoms with van der Waals surface area (Å²) in [6, 6.07) is 0. The third kappa shape index (κ3) is 3.25. The van der Waals surface area contributed by atoms with Crippen LogP contribution in [0.25, 0.3) is 0 Å². The van der Waals surface area contributed by atoms with Crippen LogP contribution in [0.1, 0.15) is 39.5 Å². The van der Waals surface area contributed by atoms with Gasteiger partial charge in [0.15, 0.2) is 0 Å². The Morgan fingerprint density at radius 3 is 2.06 bits per heavy atom. The fourth-order valence-electron chi connectivity index (χ4n) is 3.32. The van der Waals surface area contributed by atoms with Gasteiger partial charge in [-0.1, -0.05) is 13.8 Å². The van der Waals surface area contributed by atoms with Gasteiger partial charge < -0.3 is 9.80 Å². The molecule has 0 aromatic carbocycles. The van der Waals surface area contributed by atoms with Crippen LogP contribution in [0.3, 0.4) is 0 Å². The van der Waals surface area contributed by atoms with E-state index in [1.54, 1.807) is 0 Å². The number of carbonyl (C=O) groups excluding carboxylic acids is 1. The lowest BCUT2D eigenvalue weighted by atomic mass is 9.76. The molecule has 1 saturated heterocycles. The molecule has 1 amide bonds. The number of amides is 1. The lowest BCUT2D eigenvalue weighted by Gasteiger charge is -2.37. The van der Waals surface area contributed by atoms with Crippen molar-refractivity contribution >= 4 is 5.91 Å². The molecule has 2 rings (SSSR count). The van der Waals surface area contributed by atoms with Crippen LogP contribution < -0.4 is 0 Å². The van der Waals surface area contributed by atoms with Gasteiger partial charge in [-0.2, -0.15) is 0 Å². The van der Waals surface area contributed by atoms with E-state index in [-0.39, 0.29) is 0 Å². The topological polar surface area (TPSA) is 23.6 Å². The van der Waals surface area contributed by atoms with Gasteiger partial charge in [-0.15, -0.1) is 0 Å². The first kappa shape index (κ1) is 13.9. The molecule has 0 atom stereocenters. The average Bonchev–Trinajstić information content (AvgIpc) is 2.39. The molecule has 3 nitrogen and oxygen atoms in total. The van der Waals surface area contributed by atoms with Crippen molar-refractivity contribution in [3.8, 4) is 0 Å². The summed E-state index contributed by atoms with van der Waals surface area (Å²) < 4.78 is 0. The highest BCUT2D eigenvalue weighted by Crippen LogP contribution is 2.34. The summed E-state index contributed by atoms with van der Waals surface area (Å²) in [6.07, 6.45) is 4.74. The van der Waals surface area contributed by atoms with Gasteiger partial charge in [0.1, 0.15) is 0 Å². The van der Waals surface area contributed by atoms with E-state index in [1.165, 1.54) is 12.8 Å². The number of piperazine rings is 1. The van der Waals surface area contributed by atoms with Crippen LogP contribution >= 0.6 is 0 Å². The highest BCUT2D eigenvalue weighted by atomic mass is 16.2. The van der Waals surface area contributed by atoms with Crippen LogP contribution in [-0.2, 0) is 4.79 Å². The van der Waals surface area contributed by atoms with Gasteiger partial charge in [0.05, 0.1) is 0 Å². The van der Waals surface area contributed by atoms with E-state index >= 15 is 0 Å². The normalized spacial score (nSPS) is 30.8. The van der Waals surface area contributed by atoms with Gasteiger partial charge in [0.2, 0.25) is 5.91 Å². The molecule has 2 fully saturated rings. The molecule has 1 aliphatic carbocycles. The van der Waals surface area contributed by atoms with Crippen molar-refractivity contribution in [3.63, 3.8) is 0 Å². The van der Waals surface area contributed by atoms with E-state index in [2.05, 4.69) is 30.7 Å². The molecule has 1 saturated carbocycles. The summed E-state index contributed by atoms with van der Waals surface area (Å²) in [4.78, 5) is 16.8. The Morgan fingerprint density at radius 2 is 1.56 bits per heavy atom. The second-order valence-electron chi connectivity index (χ2n) is 6.48. The predicted octanol–water partition coefficient (Wildman–Crippen LogP) is 2.22. The minimum Gasteiger partial charge on any atom is -0.340 e. The third-order valence-electron chi connectivity index (χ3n) is 4.88. The first-order chi connectivity index (χ1) is 8.58. The van der Waals surface area contributed by atoms with Crippen molar-refractivity contribution in [3.05, 3.63) is 0 Å². The van der Waals surface area contributed by atoms with E-state index in [9.17, 15) is 4.79 Å². The van der Waals surface area contributed by atoms with Crippen LogP contribution in [0, 0.1) is 17.8 Å². The van der Waals surface area contributed by atoms with Gasteiger partial charge in [-0.3, -0.25) is 4.79 Å². The smallest absolute Gasteiger partial charge is 0.225 e. The molecule has 0 aromatic heterocycles. The van der Waals surface area contributed by atoms with Crippen molar-refractivity contribution < 1.29 is 4.79 Å². The molecular weight excluding hydrogens is 224 g/mol. The Labute approximate surface area is 112 Å². The Hall–Kier alpha value is -0.570. The highest BCUT2D eigenvalue weighted by molar-refractivity contribution is 5.79. The van der Waals surface area contributed by atoms with Gasteiger partial charge >= 0.3 is 0 Å². The number of nitrogens with zero attached hydrogens (tertiary/aromatic N) is 2. The van der Waals surface area contributed by atoms with E-state index in [0.717, 1.165) is 50.9 Å². The Kier molecular flexibility index (Phi) is 4.66.